The molecule has 10 heteroatoms. The molecule has 1 aliphatic carbocycles. The van der Waals surface area contributed by atoms with E-state index in [1.165, 1.54) is 0 Å². The topological polar surface area (TPSA) is 65.8 Å². The third-order valence-corrected chi connectivity index (χ3v) is 7.17. The lowest BCUT2D eigenvalue weighted by Gasteiger charge is -2.37. The maximum Gasteiger partial charge on any atom is 0.395 e. The predicted octanol–water partition coefficient (Wildman–Crippen LogP) is 3.66. The first kappa shape index (κ1) is 26.7. The Morgan fingerprint density at radius 3 is 2.67 bits per heavy atom. The molecule has 0 radical (unpaired) electrons. The van der Waals surface area contributed by atoms with E-state index in [1.807, 2.05) is 38.4 Å². The van der Waals surface area contributed by atoms with Crippen molar-refractivity contribution < 1.29 is 18.0 Å². The molecule has 2 unspecified atom stereocenters. The first-order valence-corrected chi connectivity index (χ1v) is 12.8. The highest BCUT2D eigenvalue weighted by Crippen LogP contribution is 2.37. The molecular weight excluding hydrogens is 505 g/mol. The number of piperazine rings is 1. The second kappa shape index (κ2) is 11.0. The summed E-state index contributed by atoms with van der Waals surface area (Å²) >= 11 is 0. The van der Waals surface area contributed by atoms with E-state index >= 15 is 0 Å². The van der Waals surface area contributed by atoms with Crippen molar-refractivity contribution in [2.75, 3.05) is 39.8 Å². The number of aryl methyl sites for hydroxylation is 1. The molecular formula is C29H29F3N6O. The second-order valence-corrected chi connectivity index (χ2v) is 10.0. The Bertz CT molecular complexity index is 1490. The van der Waals surface area contributed by atoms with Crippen LogP contribution in [0.1, 0.15) is 27.3 Å². The number of carbonyl (C=O) groups is 1. The Hall–Kier alpha value is -3.94. The highest BCUT2D eigenvalue weighted by Gasteiger charge is 2.44. The molecule has 0 spiro atoms. The van der Waals surface area contributed by atoms with Gasteiger partial charge in [-0.25, -0.2) is 0 Å². The molecule has 1 aromatic carbocycles. The molecule has 202 valence electrons. The van der Waals surface area contributed by atoms with Crippen LogP contribution < -0.4 is 5.32 Å². The van der Waals surface area contributed by atoms with Crippen LogP contribution in [0.4, 0.5) is 13.2 Å². The third kappa shape index (κ3) is 6.21. The second-order valence-electron chi connectivity index (χ2n) is 10.0. The highest BCUT2D eigenvalue weighted by molar-refractivity contribution is 5.96. The highest BCUT2D eigenvalue weighted by atomic mass is 19.4. The zero-order chi connectivity index (χ0) is 27.6. The third-order valence-electron chi connectivity index (χ3n) is 7.17. The molecule has 2 atom stereocenters. The van der Waals surface area contributed by atoms with Crippen LogP contribution in [0.3, 0.4) is 0 Å². The van der Waals surface area contributed by atoms with Crippen LogP contribution in [0.15, 0.2) is 66.5 Å². The van der Waals surface area contributed by atoms with Gasteiger partial charge in [0.25, 0.3) is 5.91 Å². The van der Waals surface area contributed by atoms with Crippen molar-refractivity contribution in [3.8, 4) is 11.8 Å². The van der Waals surface area contributed by atoms with Gasteiger partial charge in [-0.2, -0.15) is 13.2 Å². The number of benzene rings is 1. The molecule has 3 heterocycles. The molecule has 7 nitrogen and oxygen atoms in total. The standard InChI is InChI=1S/C29H29F3N6O/c1-20-6-7-22(17-21(20)9-11-27-35-34-26-5-3-4-12-38(26)27)28(39)33-24-10-8-23(25(18-24)29(30,31)32)19-37-15-13-36(2)14-16-37/h3-8,10,12,17-18,23,25H,13-16,19H2,1-2H3,(H,33,39). The van der Waals surface area contributed by atoms with Gasteiger partial charge in [0.05, 0.1) is 5.92 Å². The Kier molecular flexibility index (Phi) is 7.55. The quantitative estimate of drug-likeness (QED) is 0.518. The number of allylic oxidation sites excluding steroid dienone is 2. The van der Waals surface area contributed by atoms with E-state index < -0.39 is 23.9 Å². The van der Waals surface area contributed by atoms with Gasteiger partial charge in [0.1, 0.15) is 0 Å². The molecule has 0 saturated carbocycles. The van der Waals surface area contributed by atoms with Crippen LogP contribution in [0.5, 0.6) is 0 Å². The average Bonchev–Trinajstić information content (AvgIpc) is 3.33. The summed E-state index contributed by atoms with van der Waals surface area (Å²) in [5.41, 5.74) is 2.58. The number of alkyl halides is 3. The van der Waals surface area contributed by atoms with Gasteiger partial charge in [0, 0.05) is 61.7 Å². The van der Waals surface area contributed by atoms with Crippen molar-refractivity contribution >= 4 is 11.6 Å². The first-order valence-electron chi connectivity index (χ1n) is 12.8. The summed E-state index contributed by atoms with van der Waals surface area (Å²) in [6, 6.07) is 10.6. The number of hydrogen-bond donors (Lipinski definition) is 1. The molecule has 1 N–H and O–H groups in total. The van der Waals surface area contributed by atoms with Crippen LogP contribution in [0.25, 0.3) is 5.65 Å². The van der Waals surface area contributed by atoms with Gasteiger partial charge >= 0.3 is 6.18 Å². The van der Waals surface area contributed by atoms with Crippen LogP contribution in [-0.4, -0.2) is 76.3 Å². The number of nitrogens with one attached hydrogen (secondary N) is 1. The number of nitrogens with zero attached hydrogens (tertiary/aromatic N) is 5. The number of likely N-dealkylation sites (N-methyl/N-ethyl adjacent to an activating group) is 1. The lowest BCUT2D eigenvalue weighted by atomic mass is 9.86. The minimum Gasteiger partial charge on any atom is -0.322 e. The Labute approximate surface area is 225 Å². The monoisotopic (exact) mass is 534 g/mol. The maximum atomic E-state index is 14.0. The van der Waals surface area contributed by atoms with E-state index in [1.54, 1.807) is 34.8 Å². The molecule has 1 amide bonds. The smallest absolute Gasteiger partial charge is 0.322 e. The van der Waals surface area contributed by atoms with Gasteiger partial charge in [0.2, 0.25) is 5.82 Å². The number of amides is 1. The van der Waals surface area contributed by atoms with Gasteiger partial charge in [-0.05, 0) is 61.9 Å². The normalized spacial score (nSPS) is 20.4. The summed E-state index contributed by atoms with van der Waals surface area (Å²) in [4.78, 5) is 17.3. The molecule has 5 rings (SSSR count). The Morgan fingerprint density at radius 2 is 1.90 bits per heavy atom. The van der Waals surface area contributed by atoms with E-state index in [4.69, 9.17) is 0 Å². The van der Waals surface area contributed by atoms with Crippen molar-refractivity contribution in [2.45, 2.75) is 13.1 Å². The summed E-state index contributed by atoms with van der Waals surface area (Å²) in [6.45, 7) is 5.35. The zero-order valence-electron chi connectivity index (χ0n) is 21.7. The van der Waals surface area contributed by atoms with Gasteiger partial charge in [-0.15, -0.1) is 10.2 Å². The number of fused-ring (bicyclic) bond motifs is 1. The molecule has 39 heavy (non-hydrogen) atoms. The molecule has 1 saturated heterocycles. The Balaban J connectivity index is 1.30. The van der Waals surface area contributed by atoms with Gasteiger partial charge < -0.3 is 15.1 Å². The molecule has 2 aliphatic rings. The number of rotatable bonds is 4. The van der Waals surface area contributed by atoms with E-state index in [0.29, 0.717) is 29.1 Å². The van der Waals surface area contributed by atoms with Gasteiger partial charge in [-0.1, -0.05) is 24.1 Å². The molecule has 1 fully saturated rings. The number of carbonyl (C=O) groups excluding carboxylic acids is 1. The summed E-state index contributed by atoms with van der Waals surface area (Å²) in [6.07, 6.45) is 1.67. The van der Waals surface area contributed by atoms with Crippen LogP contribution in [-0.2, 0) is 0 Å². The summed E-state index contributed by atoms with van der Waals surface area (Å²) in [5, 5.41) is 10.8. The number of pyridine rings is 1. The van der Waals surface area contributed by atoms with Crippen LogP contribution >= 0.6 is 0 Å². The van der Waals surface area contributed by atoms with Crippen molar-refractivity contribution in [1.82, 2.24) is 29.7 Å². The fourth-order valence-corrected chi connectivity index (χ4v) is 4.79. The summed E-state index contributed by atoms with van der Waals surface area (Å²) < 4.78 is 43.7. The predicted molar refractivity (Wildman–Crippen MR) is 142 cm³/mol. The summed E-state index contributed by atoms with van der Waals surface area (Å²) in [7, 11) is 2.01. The SMILES string of the molecule is Cc1ccc(C(=O)NC2=CC(C(F)(F)F)C(CN3CCN(C)CC3)C=C2)cc1C#Cc1nnc2ccccn12. The Morgan fingerprint density at radius 1 is 1.10 bits per heavy atom. The van der Waals surface area contributed by atoms with E-state index in [0.717, 1.165) is 37.8 Å². The maximum absolute atomic E-state index is 14.0. The van der Waals surface area contributed by atoms with Crippen LogP contribution in [0.2, 0.25) is 0 Å². The first-order chi connectivity index (χ1) is 18.7. The van der Waals surface area contributed by atoms with Crippen molar-refractivity contribution in [2.24, 2.45) is 11.8 Å². The molecule has 2 aromatic heterocycles. The van der Waals surface area contributed by atoms with Crippen molar-refractivity contribution in [1.29, 1.82) is 0 Å². The van der Waals surface area contributed by atoms with Gasteiger partial charge in [0.15, 0.2) is 5.65 Å². The summed E-state index contributed by atoms with van der Waals surface area (Å²) in [5.74, 6) is 3.61. The molecule has 3 aromatic rings. The minimum atomic E-state index is -4.42. The van der Waals surface area contributed by atoms with Crippen molar-refractivity contribution in [3.63, 3.8) is 0 Å². The number of hydrogen-bond acceptors (Lipinski definition) is 5. The van der Waals surface area contributed by atoms with E-state index in [9.17, 15) is 18.0 Å². The lowest BCUT2D eigenvalue weighted by Crippen LogP contribution is -2.47. The lowest BCUT2D eigenvalue weighted by molar-refractivity contribution is -0.172. The average molecular weight is 535 g/mol. The fourth-order valence-electron chi connectivity index (χ4n) is 4.79. The van der Waals surface area contributed by atoms with E-state index in [2.05, 4.69) is 37.2 Å². The van der Waals surface area contributed by atoms with Crippen molar-refractivity contribution in [3.05, 3.63) is 89.0 Å². The fraction of sp³-hybridized carbons (Fsp3) is 0.345. The van der Waals surface area contributed by atoms with Gasteiger partial charge in [-0.3, -0.25) is 9.20 Å². The largest absolute Gasteiger partial charge is 0.395 e. The number of halogens is 3. The van der Waals surface area contributed by atoms with E-state index in [-0.39, 0.29) is 5.70 Å². The minimum absolute atomic E-state index is 0.139. The number of aromatic nitrogens is 3. The molecule has 1 aliphatic heterocycles. The molecule has 0 bridgehead atoms. The zero-order valence-corrected chi connectivity index (χ0v) is 21.7. The van der Waals surface area contributed by atoms with Crippen LogP contribution in [0, 0.1) is 30.6 Å².